The molecule has 2 aromatic rings. The minimum atomic E-state index is 0.752. The van der Waals surface area contributed by atoms with E-state index in [1.165, 1.54) is 11.1 Å². The van der Waals surface area contributed by atoms with Crippen LogP contribution in [0.25, 0.3) is 10.9 Å². The van der Waals surface area contributed by atoms with Gasteiger partial charge < -0.3 is 15.0 Å². The van der Waals surface area contributed by atoms with Gasteiger partial charge in [0.1, 0.15) is 0 Å². The Labute approximate surface area is 127 Å². The molecule has 0 aliphatic heterocycles. The van der Waals surface area contributed by atoms with Crippen molar-refractivity contribution in [1.82, 2.24) is 10.3 Å². The highest BCUT2D eigenvalue weighted by atomic mass is 16.5. The normalized spacial score (nSPS) is 11.0. The molecule has 1 heterocycles. The SMILES string of the molecule is CCOCCN(CC)c1cc(CNC)nc2ccccc12. The third-order valence-electron chi connectivity index (χ3n) is 3.54. The number of likely N-dealkylation sites (N-methyl/N-ethyl adjacent to an activating group) is 1. The Morgan fingerprint density at radius 3 is 2.76 bits per heavy atom. The predicted octanol–water partition coefficient (Wildman–Crippen LogP) is 2.82. The lowest BCUT2D eigenvalue weighted by Crippen LogP contribution is -2.27. The molecule has 0 atom stereocenters. The number of pyridine rings is 1. The Hall–Kier alpha value is -1.65. The van der Waals surface area contributed by atoms with Crippen molar-refractivity contribution in [2.75, 3.05) is 38.3 Å². The van der Waals surface area contributed by atoms with Gasteiger partial charge >= 0.3 is 0 Å². The van der Waals surface area contributed by atoms with Gasteiger partial charge in [0.25, 0.3) is 0 Å². The number of hydrogen-bond acceptors (Lipinski definition) is 4. The van der Waals surface area contributed by atoms with Crippen LogP contribution in [0, 0.1) is 0 Å². The van der Waals surface area contributed by atoms with E-state index in [2.05, 4.69) is 41.4 Å². The molecular formula is C17H25N3O. The van der Waals surface area contributed by atoms with Crippen molar-refractivity contribution in [2.24, 2.45) is 0 Å². The zero-order valence-electron chi connectivity index (χ0n) is 13.2. The second-order valence-corrected chi connectivity index (χ2v) is 4.96. The molecule has 0 spiro atoms. The maximum absolute atomic E-state index is 5.51. The number of hydrogen-bond donors (Lipinski definition) is 1. The molecule has 0 bridgehead atoms. The van der Waals surface area contributed by atoms with Gasteiger partial charge in [-0.15, -0.1) is 0 Å². The van der Waals surface area contributed by atoms with E-state index in [0.29, 0.717) is 0 Å². The second-order valence-electron chi connectivity index (χ2n) is 4.96. The van der Waals surface area contributed by atoms with Crippen LogP contribution in [0.5, 0.6) is 0 Å². The Morgan fingerprint density at radius 1 is 1.24 bits per heavy atom. The maximum atomic E-state index is 5.51. The van der Waals surface area contributed by atoms with Crippen molar-refractivity contribution in [3.63, 3.8) is 0 Å². The number of anilines is 1. The molecule has 1 aromatic carbocycles. The average molecular weight is 287 g/mol. The van der Waals surface area contributed by atoms with Gasteiger partial charge in [-0.05, 0) is 33.0 Å². The fourth-order valence-corrected chi connectivity index (χ4v) is 2.51. The highest BCUT2D eigenvalue weighted by molar-refractivity contribution is 5.92. The van der Waals surface area contributed by atoms with Gasteiger partial charge in [0, 0.05) is 37.3 Å². The summed E-state index contributed by atoms with van der Waals surface area (Å²) in [6.07, 6.45) is 0. The van der Waals surface area contributed by atoms with Gasteiger partial charge in [0.2, 0.25) is 0 Å². The molecule has 0 aliphatic rings. The van der Waals surface area contributed by atoms with Crippen LogP contribution in [-0.2, 0) is 11.3 Å². The maximum Gasteiger partial charge on any atom is 0.0726 e. The molecule has 0 unspecified atom stereocenters. The van der Waals surface area contributed by atoms with Crippen molar-refractivity contribution in [2.45, 2.75) is 20.4 Å². The van der Waals surface area contributed by atoms with E-state index < -0.39 is 0 Å². The predicted molar refractivity (Wildman–Crippen MR) is 88.9 cm³/mol. The zero-order valence-corrected chi connectivity index (χ0v) is 13.2. The Bertz CT molecular complexity index is 571. The van der Waals surface area contributed by atoms with Gasteiger partial charge in [0.15, 0.2) is 0 Å². The molecule has 0 saturated carbocycles. The monoisotopic (exact) mass is 287 g/mol. The summed E-state index contributed by atoms with van der Waals surface area (Å²) >= 11 is 0. The Morgan fingerprint density at radius 2 is 2.05 bits per heavy atom. The van der Waals surface area contributed by atoms with Crippen molar-refractivity contribution < 1.29 is 4.74 Å². The van der Waals surface area contributed by atoms with Crippen LogP contribution in [0.2, 0.25) is 0 Å². The molecule has 1 aromatic heterocycles. The third-order valence-corrected chi connectivity index (χ3v) is 3.54. The molecule has 0 saturated heterocycles. The molecule has 0 fully saturated rings. The molecular weight excluding hydrogens is 262 g/mol. The second kappa shape index (κ2) is 7.96. The molecule has 4 nitrogen and oxygen atoms in total. The quantitative estimate of drug-likeness (QED) is 0.758. The number of ether oxygens (including phenoxy) is 1. The zero-order chi connectivity index (χ0) is 15.1. The summed E-state index contributed by atoms with van der Waals surface area (Å²) in [7, 11) is 1.95. The van der Waals surface area contributed by atoms with Crippen LogP contribution in [-0.4, -0.2) is 38.3 Å². The summed E-state index contributed by atoms with van der Waals surface area (Å²) in [5, 5.41) is 4.38. The van der Waals surface area contributed by atoms with Crippen LogP contribution in [0.4, 0.5) is 5.69 Å². The summed E-state index contributed by atoms with van der Waals surface area (Å²) in [6.45, 7) is 8.36. The van der Waals surface area contributed by atoms with Crippen LogP contribution < -0.4 is 10.2 Å². The van der Waals surface area contributed by atoms with E-state index in [4.69, 9.17) is 9.72 Å². The van der Waals surface area contributed by atoms with E-state index >= 15 is 0 Å². The van der Waals surface area contributed by atoms with Crippen LogP contribution in [0.1, 0.15) is 19.5 Å². The third kappa shape index (κ3) is 3.93. The largest absolute Gasteiger partial charge is 0.380 e. The van der Waals surface area contributed by atoms with Gasteiger partial charge in [-0.1, -0.05) is 18.2 Å². The molecule has 0 radical (unpaired) electrons. The molecule has 2 rings (SSSR count). The van der Waals surface area contributed by atoms with Crippen molar-refractivity contribution in [3.8, 4) is 0 Å². The molecule has 21 heavy (non-hydrogen) atoms. The van der Waals surface area contributed by atoms with Gasteiger partial charge in [-0.25, -0.2) is 0 Å². The van der Waals surface area contributed by atoms with E-state index in [9.17, 15) is 0 Å². The first kappa shape index (κ1) is 15.7. The molecule has 4 heteroatoms. The van der Waals surface area contributed by atoms with E-state index in [-0.39, 0.29) is 0 Å². The molecule has 0 aliphatic carbocycles. The van der Waals surface area contributed by atoms with Crippen molar-refractivity contribution in [1.29, 1.82) is 0 Å². The lowest BCUT2D eigenvalue weighted by atomic mass is 10.1. The van der Waals surface area contributed by atoms with Gasteiger partial charge in [0.05, 0.1) is 17.8 Å². The number of aromatic nitrogens is 1. The van der Waals surface area contributed by atoms with Crippen LogP contribution >= 0.6 is 0 Å². The average Bonchev–Trinajstić information content (AvgIpc) is 2.51. The lowest BCUT2D eigenvalue weighted by molar-refractivity contribution is 0.154. The number of fused-ring (bicyclic) bond motifs is 1. The summed E-state index contributed by atoms with van der Waals surface area (Å²) in [6, 6.07) is 10.5. The number of para-hydroxylation sites is 1. The van der Waals surface area contributed by atoms with Gasteiger partial charge in [-0.3, -0.25) is 4.98 Å². The first-order chi connectivity index (χ1) is 10.3. The van der Waals surface area contributed by atoms with Crippen LogP contribution in [0.15, 0.2) is 30.3 Å². The first-order valence-corrected chi connectivity index (χ1v) is 7.66. The van der Waals surface area contributed by atoms with Crippen molar-refractivity contribution in [3.05, 3.63) is 36.0 Å². The topological polar surface area (TPSA) is 37.4 Å². The number of benzene rings is 1. The number of rotatable bonds is 8. The summed E-state index contributed by atoms with van der Waals surface area (Å²) in [5.74, 6) is 0. The Balaban J connectivity index is 2.38. The van der Waals surface area contributed by atoms with Gasteiger partial charge in [-0.2, -0.15) is 0 Å². The smallest absolute Gasteiger partial charge is 0.0726 e. The molecule has 1 N–H and O–H groups in total. The minimum Gasteiger partial charge on any atom is -0.380 e. The first-order valence-electron chi connectivity index (χ1n) is 7.66. The Kier molecular flexibility index (Phi) is 5.96. The number of nitrogens with zero attached hydrogens (tertiary/aromatic N) is 2. The summed E-state index contributed by atoms with van der Waals surface area (Å²) in [5.41, 5.74) is 3.37. The number of nitrogens with one attached hydrogen (secondary N) is 1. The fourth-order valence-electron chi connectivity index (χ4n) is 2.51. The minimum absolute atomic E-state index is 0.752. The van der Waals surface area contributed by atoms with Crippen LogP contribution in [0.3, 0.4) is 0 Å². The van der Waals surface area contributed by atoms with E-state index in [0.717, 1.165) is 44.1 Å². The fraction of sp³-hybridized carbons (Fsp3) is 0.471. The highest BCUT2D eigenvalue weighted by Crippen LogP contribution is 2.26. The molecule has 114 valence electrons. The van der Waals surface area contributed by atoms with E-state index in [1.807, 2.05) is 20.0 Å². The van der Waals surface area contributed by atoms with Crippen molar-refractivity contribution >= 4 is 16.6 Å². The standard InChI is InChI=1S/C17H25N3O/c1-4-20(10-11-21-5-2)17-12-14(13-18-3)19-16-9-7-6-8-15(16)17/h6-9,12,18H,4-5,10-11,13H2,1-3H3. The lowest BCUT2D eigenvalue weighted by Gasteiger charge is -2.25. The van der Waals surface area contributed by atoms with E-state index in [1.54, 1.807) is 0 Å². The molecule has 0 amide bonds. The highest BCUT2D eigenvalue weighted by Gasteiger charge is 2.11. The summed E-state index contributed by atoms with van der Waals surface area (Å²) < 4.78 is 5.51. The summed E-state index contributed by atoms with van der Waals surface area (Å²) in [4.78, 5) is 7.08.